The van der Waals surface area contributed by atoms with E-state index >= 15 is 0 Å². The molecule has 1 aromatic rings. The second kappa shape index (κ2) is 3.89. The lowest BCUT2D eigenvalue weighted by Gasteiger charge is -2.02. The molecule has 5 heteroatoms. The number of aliphatic carboxylic acids is 1. The second-order valence-electron chi connectivity index (χ2n) is 2.25. The minimum absolute atomic E-state index is 0.0752. The standard InChI is InChI=1S/C7H7ClO3S/c8-4-1-2-12-6(4)3-5(9)7(10)11/h1-2,5,9H,3H2,(H,10,11)/t5-/m1/s1. The summed E-state index contributed by atoms with van der Waals surface area (Å²) in [5, 5.41) is 19.6. The molecule has 1 aromatic heterocycles. The van der Waals surface area contributed by atoms with Crippen molar-refractivity contribution in [1.29, 1.82) is 0 Å². The molecule has 0 fully saturated rings. The van der Waals surface area contributed by atoms with Crippen molar-refractivity contribution < 1.29 is 15.0 Å². The number of aliphatic hydroxyl groups excluding tert-OH is 1. The molecule has 0 aliphatic heterocycles. The number of rotatable bonds is 3. The Morgan fingerprint density at radius 1 is 1.75 bits per heavy atom. The second-order valence-corrected chi connectivity index (χ2v) is 3.66. The van der Waals surface area contributed by atoms with Crippen LogP contribution in [0.2, 0.25) is 5.02 Å². The maximum absolute atomic E-state index is 10.2. The van der Waals surface area contributed by atoms with Crippen LogP contribution >= 0.6 is 22.9 Å². The van der Waals surface area contributed by atoms with Crippen molar-refractivity contribution in [3.63, 3.8) is 0 Å². The SMILES string of the molecule is O=C(O)[C@H](O)Cc1sccc1Cl. The Balaban J connectivity index is 2.64. The van der Waals surface area contributed by atoms with Gasteiger partial charge in [0.2, 0.25) is 0 Å². The molecule has 0 bridgehead atoms. The molecular weight excluding hydrogens is 200 g/mol. The van der Waals surface area contributed by atoms with Crippen LogP contribution in [0.4, 0.5) is 0 Å². The Hall–Kier alpha value is -0.580. The molecule has 0 spiro atoms. The van der Waals surface area contributed by atoms with Crippen LogP contribution in [0.3, 0.4) is 0 Å². The summed E-state index contributed by atoms with van der Waals surface area (Å²) in [5.41, 5.74) is 0. The van der Waals surface area contributed by atoms with Crippen LogP contribution in [-0.2, 0) is 11.2 Å². The lowest BCUT2D eigenvalue weighted by molar-refractivity contribution is -0.146. The van der Waals surface area contributed by atoms with Crippen LogP contribution in [0.5, 0.6) is 0 Å². The first-order chi connectivity index (χ1) is 5.61. The molecular formula is C7H7ClO3S. The van der Waals surface area contributed by atoms with Gasteiger partial charge >= 0.3 is 5.97 Å². The van der Waals surface area contributed by atoms with Crippen molar-refractivity contribution in [2.24, 2.45) is 0 Å². The van der Waals surface area contributed by atoms with Crippen LogP contribution < -0.4 is 0 Å². The highest BCUT2D eigenvalue weighted by Crippen LogP contribution is 2.23. The van der Waals surface area contributed by atoms with E-state index in [1.807, 2.05) is 0 Å². The minimum Gasteiger partial charge on any atom is -0.479 e. The maximum Gasteiger partial charge on any atom is 0.332 e. The van der Waals surface area contributed by atoms with Crippen molar-refractivity contribution in [3.8, 4) is 0 Å². The first-order valence-electron chi connectivity index (χ1n) is 3.24. The fraction of sp³-hybridized carbons (Fsp3) is 0.286. The molecule has 0 saturated heterocycles. The van der Waals surface area contributed by atoms with Gasteiger partial charge in [0.25, 0.3) is 0 Å². The van der Waals surface area contributed by atoms with Gasteiger partial charge in [0, 0.05) is 11.3 Å². The summed E-state index contributed by atoms with van der Waals surface area (Å²) in [5.74, 6) is -1.22. The molecule has 0 aromatic carbocycles. The van der Waals surface area contributed by atoms with Gasteiger partial charge < -0.3 is 10.2 Å². The summed E-state index contributed by atoms with van der Waals surface area (Å²) >= 11 is 7.03. The van der Waals surface area contributed by atoms with Gasteiger partial charge in [-0.15, -0.1) is 11.3 Å². The number of hydrogen-bond acceptors (Lipinski definition) is 3. The quantitative estimate of drug-likeness (QED) is 0.786. The van der Waals surface area contributed by atoms with Gasteiger partial charge in [-0.25, -0.2) is 4.79 Å². The highest BCUT2D eigenvalue weighted by Gasteiger charge is 2.15. The Labute approximate surface area is 78.2 Å². The lowest BCUT2D eigenvalue weighted by atomic mass is 10.2. The Bertz CT molecular complexity index is 284. The van der Waals surface area contributed by atoms with Crippen molar-refractivity contribution in [2.45, 2.75) is 12.5 Å². The van der Waals surface area contributed by atoms with Crippen LogP contribution in [0.25, 0.3) is 0 Å². The van der Waals surface area contributed by atoms with E-state index in [0.29, 0.717) is 9.90 Å². The summed E-state index contributed by atoms with van der Waals surface area (Å²) in [7, 11) is 0. The third-order valence-electron chi connectivity index (χ3n) is 1.35. The molecule has 0 saturated carbocycles. The summed E-state index contributed by atoms with van der Waals surface area (Å²) in [6.07, 6.45) is -1.28. The minimum atomic E-state index is -1.36. The van der Waals surface area contributed by atoms with Crippen molar-refractivity contribution in [1.82, 2.24) is 0 Å². The van der Waals surface area contributed by atoms with E-state index in [0.717, 1.165) is 0 Å². The normalized spacial score (nSPS) is 12.8. The maximum atomic E-state index is 10.2. The average molecular weight is 207 g/mol. The van der Waals surface area contributed by atoms with Crippen molar-refractivity contribution in [3.05, 3.63) is 21.3 Å². The molecule has 0 aliphatic rings. The van der Waals surface area contributed by atoms with E-state index in [4.69, 9.17) is 21.8 Å². The van der Waals surface area contributed by atoms with Gasteiger partial charge in [-0.3, -0.25) is 0 Å². The van der Waals surface area contributed by atoms with E-state index in [2.05, 4.69) is 0 Å². The molecule has 3 nitrogen and oxygen atoms in total. The number of thiophene rings is 1. The zero-order valence-electron chi connectivity index (χ0n) is 6.03. The van der Waals surface area contributed by atoms with Gasteiger partial charge in [0.05, 0.1) is 5.02 Å². The van der Waals surface area contributed by atoms with E-state index < -0.39 is 12.1 Å². The fourth-order valence-electron chi connectivity index (χ4n) is 0.734. The Morgan fingerprint density at radius 2 is 2.42 bits per heavy atom. The highest BCUT2D eigenvalue weighted by molar-refractivity contribution is 7.10. The van der Waals surface area contributed by atoms with Crippen molar-refractivity contribution in [2.75, 3.05) is 0 Å². The predicted molar refractivity (Wildman–Crippen MR) is 46.7 cm³/mol. The number of halogens is 1. The summed E-state index contributed by atoms with van der Waals surface area (Å²) in [6.45, 7) is 0. The Morgan fingerprint density at radius 3 is 2.83 bits per heavy atom. The number of carbonyl (C=O) groups is 1. The monoisotopic (exact) mass is 206 g/mol. The van der Waals surface area contributed by atoms with Gasteiger partial charge in [-0.05, 0) is 11.4 Å². The third-order valence-corrected chi connectivity index (χ3v) is 2.76. The van der Waals surface area contributed by atoms with Crippen LogP contribution in [0, 0.1) is 0 Å². The third kappa shape index (κ3) is 2.20. The van der Waals surface area contributed by atoms with Gasteiger partial charge in [-0.2, -0.15) is 0 Å². The largest absolute Gasteiger partial charge is 0.479 e. The van der Waals surface area contributed by atoms with Crippen LogP contribution in [0.1, 0.15) is 4.88 Å². The number of aliphatic hydroxyl groups is 1. The summed E-state index contributed by atoms with van der Waals surface area (Å²) in [4.78, 5) is 10.9. The molecule has 0 aliphatic carbocycles. The van der Waals surface area contributed by atoms with E-state index in [9.17, 15) is 4.79 Å². The first kappa shape index (κ1) is 9.51. The zero-order chi connectivity index (χ0) is 9.14. The van der Waals surface area contributed by atoms with Gasteiger partial charge in [0.1, 0.15) is 0 Å². The smallest absolute Gasteiger partial charge is 0.332 e. The summed E-state index contributed by atoms with van der Waals surface area (Å²) < 4.78 is 0. The fourth-order valence-corrected chi connectivity index (χ4v) is 1.89. The van der Waals surface area contributed by atoms with Gasteiger partial charge in [-0.1, -0.05) is 11.6 Å². The number of hydrogen-bond donors (Lipinski definition) is 2. The molecule has 0 unspecified atom stereocenters. The predicted octanol–water partition coefficient (Wildman–Crippen LogP) is 1.39. The van der Waals surface area contributed by atoms with Crippen molar-refractivity contribution >= 4 is 28.9 Å². The lowest BCUT2D eigenvalue weighted by Crippen LogP contribution is -2.21. The molecule has 1 heterocycles. The van der Waals surface area contributed by atoms with Crippen LogP contribution in [0.15, 0.2) is 11.4 Å². The first-order valence-corrected chi connectivity index (χ1v) is 4.49. The van der Waals surface area contributed by atoms with E-state index in [1.165, 1.54) is 11.3 Å². The molecule has 66 valence electrons. The topological polar surface area (TPSA) is 57.5 Å². The molecule has 2 N–H and O–H groups in total. The van der Waals surface area contributed by atoms with Crippen LogP contribution in [-0.4, -0.2) is 22.3 Å². The Kier molecular flexibility index (Phi) is 3.08. The molecule has 0 radical (unpaired) electrons. The van der Waals surface area contributed by atoms with E-state index in [-0.39, 0.29) is 6.42 Å². The average Bonchev–Trinajstić information content (AvgIpc) is 2.36. The molecule has 0 amide bonds. The summed E-state index contributed by atoms with van der Waals surface area (Å²) in [6, 6.07) is 1.68. The highest BCUT2D eigenvalue weighted by atomic mass is 35.5. The molecule has 1 rings (SSSR count). The van der Waals surface area contributed by atoms with Gasteiger partial charge in [0.15, 0.2) is 6.10 Å². The molecule has 12 heavy (non-hydrogen) atoms. The number of carboxylic acid groups (broad SMARTS) is 1. The zero-order valence-corrected chi connectivity index (χ0v) is 7.60. The van der Waals surface area contributed by atoms with E-state index in [1.54, 1.807) is 11.4 Å². The molecule has 1 atom stereocenters. The number of carboxylic acids is 1.